The Hall–Kier alpha value is -2.17. The number of carboxylic acids is 1. The lowest BCUT2D eigenvalue weighted by molar-refractivity contribution is -0.137. The largest absolute Gasteiger partial charge is 0.481 e. The van der Waals surface area contributed by atoms with Crippen molar-refractivity contribution < 1.29 is 18.7 Å². The van der Waals surface area contributed by atoms with Gasteiger partial charge >= 0.3 is 5.97 Å². The van der Waals surface area contributed by atoms with Crippen molar-refractivity contribution in [2.45, 2.75) is 12.8 Å². The lowest BCUT2D eigenvalue weighted by atomic mass is 10.2. The number of aryl methyl sites for hydroxylation is 1. The highest BCUT2D eigenvalue weighted by Crippen LogP contribution is 2.19. The zero-order chi connectivity index (χ0) is 12.3. The maximum atomic E-state index is 13.0. The van der Waals surface area contributed by atoms with E-state index in [9.17, 15) is 9.18 Å². The van der Waals surface area contributed by atoms with E-state index in [1.54, 1.807) is 12.1 Å². The number of nitrogens with zero attached hydrogens (tertiary/aromatic N) is 1. The van der Waals surface area contributed by atoms with Crippen LogP contribution in [0.5, 0.6) is 0 Å². The summed E-state index contributed by atoms with van der Waals surface area (Å²) in [6, 6.07) is 5.98. The van der Waals surface area contributed by atoms with Gasteiger partial charge in [0.1, 0.15) is 17.8 Å². The minimum absolute atomic E-state index is 0.0386. The number of benzene rings is 1. The number of rotatable bonds is 4. The normalized spacial score (nSPS) is 10.4. The monoisotopic (exact) mass is 235 g/mol. The maximum Gasteiger partial charge on any atom is 0.303 e. The van der Waals surface area contributed by atoms with Gasteiger partial charge in [0.05, 0.1) is 6.42 Å². The second-order valence-electron chi connectivity index (χ2n) is 3.53. The summed E-state index contributed by atoms with van der Waals surface area (Å²) in [5.41, 5.74) is 1.11. The summed E-state index contributed by atoms with van der Waals surface area (Å²) < 4.78 is 18.1. The Labute approximate surface area is 96.7 Å². The number of halogens is 1. The molecular formula is C12H10FNO3. The molecule has 1 heterocycles. The van der Waals surface area contributed by atoms with E-state index in [1.807, 2.05) is 0 Å². The minimum Gasteiger partial charge on any atom is -0.481 e. The fraction of sp³-hybridized carbons (Fsp3) is 0.167. The molecule has 0 saturated heterocycles. The molecule has 0 fully saturated rings. The van der Waals surface area contributed by atoms with Gasteiger partial charge in [0.25, 0.3) is 0 Å². The SMILES string of the molecule is O=C(O)CCc1nc(-c2cccc(F)c2)co1. The minimum atomic E-state index is -0.907. The Kier molecular flexibility index (Phi) is 3.18. The average molecular weight is 235 g/mol. The van der Waals surface area contributed by atoms with Crippen LogP contribution in [0.1, 0.15) is 12.3 Å². The number of hydrogen-bond acceptors (Lipinski definition) is 3. The highest BCUT2D eigenvalue weighted by molar-refractivity contribution is 5.67. The van der Waals surface area contributed by atoms with Crippen LogP contribution in [-0.2, 0) is 11.2 Å². The number of carboxylic acid groups (broad SMARTS) is 1. The van der Waals surface area contributed by atoms with Crippen LogP contribution in [0.25, 0.3) is 11.3 Å². The van der Waals surface area contributed by atoms with Gasteiger partial charge in [0, 0.05) is 12.0 Å². The van der Waals surface area contributed by atoms with E-state index in [2.05, 4.69) is 4.98 Å². The Morgan fingerprint density at radius 1 is 1.47 bits per heavy atom. The molecule has 2 rings (SSSR count). The molecule has 88 valence electrons. The number of hydrogen-bond donors (Lipinski definition) is 1. The molecule has 5 heteroatoms. The number of oxazole rings is 1. The molecule has 0 aliphatic heterocycles. The standard InChI is InChI=1S/C12H10FNO3/c13-9-3-1-2-8(6-9)10-7-17-11(14-10)4-5-12(15)16/h1-3,6-7H,4-5H2,(H,15,16). The fourth-order valence-corrected chi connectivity index (χ4v) is 1.42. The van der Waals surface area contributed by atoms with Gasteiger partial charge in [0.2, 0.25) is 0 Å². The van der Waals surface area contributed by atoms with E-state index in [0.717, 1.165) is 0 Å². The Morgan fingerprint density at radius 2 is 2.29 bits per heavy atom. The molecular weight excluding hydrogens is 225 g/mol. The molecule has 0 saturated carbocycles. The van der Waals surface area contributed by atoms with Gasteiger partial charge in [-0.25, -0.2) is 9.37 Å². The van der Waals surface area contributed by atoms with Crippen LogP contribution >= 0.6 is 0 Å². The van der Waals surface area contributed by atoms with Crippen LogP contribution in [0, 0.1) is 5.82 Å². The van der Waals surface area contributed by atoms with Crippen molar-refractivity contribution in [2.75, 3.05) is 0 Å². The van der Waals surface area contributed by atoms with Gasteiger partial charge in [-0.3, -0.25) is 4.79 Å². The predicted molar refractivity (Wildman–Crippen MR) is 57.9 cm³/mol. The highest BCUT2D eigenvalue weighted by Gasteiger charge is 2.08. The van der Waals surface area contributed by atoms with E-state index < -0.39 is 5.97 Å². The van der Waals surface area contributed by atoms with Crippen molar-refractivity contribution in [1.29, 1.82) is 0 Å². The number of aliphatic carboxylic acids is 1. The van der Waals surface area contributed by atoms with Crippen LogP contribution < -0.4 is 0 Å². The fourth-order valence-electron chi connectivity index (χ4n) is 1.42. The van der Waals surface area contributed by atoms with Gasteiger partial charge in [-0.2, -0.15) is 0 Å². The van der Waals surface area contributed by atoms with Crippen LogP contribution in [0.3, 0.4) is 0 Å². The van der Waals surface area contributed by atoms with Gasteiger partial charge in [-0.1, -0.05) is 12.1 Å². The Bertz CT molecular complexity index is 536. The summed E-state index contributed by atoms with van der Waals surface area (Å²) in [6.45, 7) is 0. The number of aromatic nitrogens is 1. The second kappa shape index (κ2) is 4.78. The predicted octanol–water partition coefficient (Wildman–Crippen LogP) is 2.50. The van der Waals surface area contributed by atoms with Crippen molar-refractivity contribution in [3.8, 4) is 11.3 Å². The lowest BCUT2D eigenvalue weighted by Crippen LogP contribution is -1.97. The Balaban J connectivity index is 2.15. The van der Waals surface area contributed by atoms with Crippen molar-refractivity contribution >= 4 is 5.97 Å². The summed E-state index contributed by atoms with van der Waals surface area (Å²) in [7, 11) is 0. The van der Waals surface area contributed by atoms with Crippen LogP contribution in [0.2, 0.25) is 0 Å². The topological polar surface area (TPSA) is 63.3 Å². The molecule has 0 amide bonds. The first-order chi connectivity index (χ1) is 8.15. The Morgan fingerprint density at radius 3 is 3.00 bits per heavy atom. The van der Waals surface area contributed by atoms with E-state index in [1.165, 1.54) is 18.4 Å². The van der Waals surface area contributed by atoms with Crippen molar-refractivity contribution in [1.82, 2.24) is 4.98 Å². The molecule has 0 radical (unpaired) electrons. The second-order valence-corrected chi connectivity index (χ2v) is 3.53. The third-order valence-electron chi connectivity index (χ3n) is 2.22. The van der Waals surface area contributed by atoms with Crippen molar-refractivity contribution in [3.63, 3.8) is 0 Å². The van der Waals surface area contributed by atoms with Gasteiger partial charge in [-0.15, -0.1) is 0 Å². The van der Waals surface area contributed by atoms with Crippen molar-refractivity contribution in [2.24, 2.45) is 0 Å². The summed E-state index contributed by atoms with van der Waals surface area (Å²) in [5.74, 6) is -0.917. The number of carbonyl (C=O) groups is 1. The summed E-state index contributed by atoms with van der Waals surface area (Å²) >= 11 is 0. The summed E-state index contributed by atoms with van der Waals surface area (Å²) in [4.78, 5) is 14.5. The zero-order valence-electron chi connectivity index (χ0n) is 8.89. The average Bonchev–Trinajstić information content (AvgIpc) is 2.75. The van der Waals surface area contributed by atoms with E-state index in [-0.39, 0.29) is 18.7 Å². The van der Waals surface area contributed by atoms with Gasteiger partial charge in [0.15, 0.2) is 5.89 Å². The van der Waals surface area contributed by atoms with Gasteiger partial charge < -0.3 is 9.52 Å². The summed E-state index contributed by atoms with van der Waals surface area (Å²) in [6.07, 6.45) is 1.58. The van der Waals surface area contributed by atoms with E-state index in [4.69, 9.17) is 9.52 Å². The quantitative estimate of drug-likeness (QED) is 0.884. The third-order valence-corrected chi connectivity index (χ3v) is 2.22. The molecule has 0 bridgehead atoms. The molecule has 1 N–H and O–H groups in total. The smallest absolute Gasteiger partial charge is 0.303 e. The molecule has 17 heavy (non-hydrogen) atoms. The molecule has 0 aliphatic rings. The van der Waals surface area contributed by atoms with E-state index in [0.29, 0.717) is 17.1 Å². The van der Waals surface area contributed by atoms with Crippen LogP contribution in [-0.4, -0.2) is 16.1 Å². The highest BCUT2D eigenvalue weighted by atomic mass is 19.1. The molecule has 4 nitrogen and oxygen atoms in total. The molecule has 0 unspecified atom stereocenters. The summed E-state index contributed by atoms with van der Waals surface area (Å²) in [5, 5.41) is 8.52. The maximum absolute atomic E-state index is 13.0. The first kappa shape index (κ1) is 11.3. The van der Waals surface area contributed by atoms with Crippen LogP contribution in [0.15, 0.2) is 34.9 Å². The molecule has 2 aromatic rings. The van der Waals surface area contributed by atoms with Gasteiger partial charge in [-0.05, 0) is 12.1 Å². The molecule has 1 aromatic carbocycles. The molecule has 0 spiro atoms. The lowest BCUT2D eigenvalue weighted by Gasteiger charge is -1.94. The zero-order valence-corrected chi connectivity index (χ0v) is 8.89. The molecule has 0 atom stereocenters. The third kappa shape index (κ3) is 2.90. The molecule has 1 aromatic heterocycles. The molecule has 0 aliphatic carbocycles. The van der Waals surface area contributed by atoms with Crippen molar-refractivity contribution in [3.05, 3.63) is 42.2 Å². The first-order valence-corrected chi connectivity index (χ1v) is 5.07. The van der Waals surface area contributed by atoms with E-state index >= 15 is 0 Å². The first-order valence-electron chi connectivity index (χ1n) is 5.07. The van der Waals surface area contributed by atoms with Crippen LogP contribution in [0.4, 0.5) is 4.39 Å².